The number of hydrogen-bond acceptors (Lipinski definition) is 6. The molecular formula is C13H19ClN4O3. The Morgan fingerprint density at radius 2 is 2.05 bits per heavy atom. The van der Waals surface area contributed by atoms with E-state index in [9.17, 15) is 4.79 Å². The van der Waals surface area contributed by atoms with Crippen LogP contribution in [0.3, 0.4) is 0 Å². The molecule has 0 aromatic carbocycles. The van der Waals surface area contributed by atoms with Crippen LogP contribution in [0, 0.1) is 5.41 Å². The van der Waals surface area contributed by atoms with Crippen LogP contribution in [0.1, 0.15) is 38.5 Å². The highest BCUT2D eigenvalue weighted by Crippen LogP contribution is 2.39. The fourth-order valence-corrected chi connectivity index (χ4v) is 2.96. The first-order valence-corrected chi connectivity index (χ1v) is 7.32. The Morgan fingerprint density at radius 3 is 2.67 bits per heavy atom. The molecule has 0 aliphatic heterocycles. The van der Waals surface area contributed by atoms with Crippen LogP contribution in [0.15, 0.2) is 0 Å². The van der Waals surface area contributed by atoms with Crippen LogP contribution < -0.4 is 10.1 Å². The summed E-state index contributed by atoms with van der Waals surface area (Å²) in [5.41, 5.74) is -0.254. The molecule has 0 radical (unpaired) electrons. The molecule has 0 atom stereocenters. The summed E-state index contributed by atoms with van der Waals surface area (Å²) < 4.78 is 4.94. The van der Waals surface area contributed by atoms with E-state index in [1.54, 1.807) is 0 Å². The van der Waals surface area contributed by atoms with Crippen molar-refractivity contribution in [3.63, 3.8) is 0 Å². The van der Waals surface area contributed by atoms with Crippen LogP contribution in [0.25, 0.3) is 0 Å². The third-order valence-electron chi connectivity index (χ3n) is 3.83. The van der Waals surface area contributed by atoms with Crippen molar-refractivity contribution in [2.24, 2.45) is 5.41 Å². The lowest BCUT2D eigenvalue weighted by Gasteiger charge is -2.36. The highest BCUT2D eigenvalue weighted by atomic mass is 35.5. The largest absolute Gasteiger partial charge is 0.481 e. The van der Waals surface area contributed by atoms with Gasteiger partial charge in [0.2, 0.25) is 11.2 Å². The van der Waals surface area contributed by atoms with Crippen molar-refractivity contribution in [1.82, 2.24) is 15.0 Å². The third kappa shape index (κ3) is 4.42. The van der Waals surface area contributed by atoms with Gasteiger partial charge in [-0.1, -0.05) is 19.3 Å². The van der Waals surface area contributed by atoms with Crippen molar-refractivity contribution in [2.45, 2.75) is 38.5 Å². The first kappa shape index (κ1) is 15.8. The molecule has 0 amide bonds. The number of methoxy groups -OCH3 is 1. The van der Waals surface area contributed by atoms with Crippen LogP contribution in [0.5, 0.6) is 6.01 Å². The molecule has 1 aliphatic rings. The van der Waals surface area contributed by atoms with Gasteiger partial charge in [0.25, 0.3) is 0 Å². The quantitative estimate of drug-likeness (QED) is 0.831. The first-order valence-electron chi connectivity index (χ1n) is 6.94. The van der Waals surface area contributed by atoms with Gasteiger partial charge >= 0.3 is 12.0 Å². The molecule has 7 nitrogen and oxygen atoms in total. The number of carboxylic acid groups (broad SMARTS) is 1. The van der Waals surface area contributed by atoms with E-state index in [1.807, 2.05) is 0 Å². The Morgan fingerprint density at radius 1 is 1.33 bits per heavy atom. The second-order valence-electron chi connectivity index (χ2n) is 5.40. The van der Waals surface area contributed by atoms with Gasteiger partial charge in [0.1, 0.15) is 0 Å². The summed E-state index contributed by atoms with van der Waals surface area (Å²) in [5, 5.41) is 12.3. The minimum atomic E-state index is -0.773. The summed E-state index contributed by atoms with van der Waals surface area (Å²) in [6.07, 6.45) is 5.19. The predicted octanol–water partition coefficient (Wildman–Crippen LogP) is 2.37. The number of aliphatic carboxylic acids is 1. The van der Waals surface area contributed by atoms with Gasteiger partial charge in [0, 0.05) is 6.54 Å². The molecule has 1 aliphatic carbocycles. The molecule has 1 aromatic heterocycles. The second-order valence-corrected chi connectivity index (χ2v) is 5.74. The maximum absolute atomic E-state index is 11.1. The molecule has 0 saturated heterocycles. The number of nitrogens with zero attached hydrogens (tertiary/aromatic N) is 3. The van der Waals surface area contributed by atoms with E-state index in [1.165, 1.54) is 7.11 Å². The second kappa shape index (κ2) is 6.89. The maximum Gasteiger partial charge on any atom is 0.322 e. The molecule has 8 heteroatoms. The number of ether oxygens (including phenoxy) is 1. The summed E-state index contributed by atoms with van der Waals surface area (Å²) in [6.45, 7) is 0.503. The van der Waals surface area contributed by atoms with Gasteiger partial charge in [-0.3, -0.25) is 4.79 Å². The molecule has 2 N–H and O–H groups in total. The van der Waals surface area contributed by atoms with Gasteiger partial charge in [-0.2, -0.15) is 15.0 Å². The molecule has 1 heterocycles. The highest BCUT2D eigenvalue weighted by Gasteiger charge is 2.34. The highest BCUT2D eigenvalue weighted by molar-refractivity contribution is 6.28. The topological polar surface area (TPSA) is 97.2 Å². The zero-order valence-corrected chi connectivity index (χ0v) is 12.7. The Kier molecular flexibility index (Phi) is 5.17. The van der Waals surface area contributed by atoms with E-state index in [4.69, 9.17) is 21.4 Å². The number of hydrogen-bond donors (Lipinski definition) is 2. The van der Waals surface area contributed by atoms with Gasteiger partial charge < -0.3 is 15.2 Å². The van der Waals surface area contributed by atoms with Crippen LogP contribution in [-0.4, -0.2) is 39.7 Å². The number of aromatic nitrogens is 3. The Balaban J connectivity index is 2.07. The molecule has 116 valence electrons. The molecule has 0 bridgehead atoms. The zero-order valence-electron chi connectivity index (χ0n) is 11.9. The monoisotopic (exact) mass is 314 g/mol. The van der Waals surface area contributed by atoms with E-state index >= 15 is 0 Å². The summed E-state index contributed by atoms with van der Waals surface area (Å²) in [4.78, 5) is 23.0. The van der Waals surface area contributed by atoms with E-state index in [0.29, 0.717) is 12.5 Å². The van der Waals surface area contributed by atoms with E-state index < -0.39 is 5.97 Å². The van der Waals surface area contributed by atoms with Gasteiger partial charge in [-0.15, -0.1) is 0 Å². The van der Waals surface area contributed by atoms with E-state index in [-0.39, 0.29) is 23.1 Å². The van der Waals surface area contributed by atoms with Crippen LogP contribution in [0.2, 0.25) is 5.28 Å². The molecule has 0 spiro atoms. The average Bonchev–Trinajstić information content (AvgIpc) is 2.45. The van der Waals surface area contributed by atoms with Gasteiger partial charge in [-0.05, 0) is 29.9 Å². The van der Waals surface area contributed by atoms with Gasteiger partial charge in [-0.25, -0.2) is 0 Å². The number of anilines is 1. The third-order valence-corrected chi connectivity index (χ3v) is 4.00. The van der Waals surface area contributed by atoms with E-state index in [0.717, 1.165) is 32.1 Å². The number of carbonyl (C=O) groups is 1. The van der Waals surface area contributed by atoms with Gasteiger partial charge in [0.05, 0.1) is 13.5 Å². The fraction of sp³-hybridized carbons (Fsp3) is 0.692. The Bertz CT molecular complexity index is 506. The van der Waals surface area contributed by atoms with Crippen molar-refractivity contribution in [1.29, 1.82) is 0 Å². The van der Waals surface area contributed by atoms with Crippen LogP contribution >= 0.6 is 11.6 Å². The fourth-order valence-electron chi connectivity index (χ4n) is 2.81. The van der Waals surface area contributed by atoms with Crippen molar-refractivity contribution in [2.75, 3.05) is 19.0 Å². The van der Waals surface area contributed by atoms with Crippen LogP contribution in [0.4, 0.5) is 5.95 Å². The van der Waals surface area contributed by atoms with Crippen LogP contribution in [-0.2, 0) is 4.79 Å². The summed E-state index contributed by atoms with van der Waals surface area (Å²) >= 11 is 5.79. The number of halogens is 1. The van der Waals surface area contributed by atoms with Crippen molar-refractivity contribution in [3.05, 3.63) is 5.28 Å². The standard InChI is InChI=1S/C13H19ClN4O3/c1-21-12-17-10(14)16-11(18-12)15-8-13(7-9(19)20)5-3-2-4-6-13/h2-8H2,1H3,(H,19,20)(H,15,16,17,18). The summed E-state index contributed by atoms with van der Waals surface area (Å²) in [7, 11) is 1.45. The minimum absolute atomic E-state index is 0.0419. The van der Waals surface area contributed by atoms with E-state index in [2.05, 4.69) is 20.3 Å². The molecule has 1 saturated carbocycles. The van der Waals surface area contributed by atoms with Crippen molar-refractivity contribution >= 4 is 23.5 Å². The molecule has 21 heavy (non-hydrogen) atoms. The lowest BCUT2D eigenvalue weighted by atomic mass is 9.72. The molecular weight excluding hydrogens is 296 g/mol. The summed E-state index contributed by atoms with van der Waals surface area (Å²) in [6, 6.07) is 0.133. The van der Waals surface area contributed by atoms with Crippen molar-refractivity contribution < 1.29 is 14.6 Å². The number of rotatable bonds is 6. The lowest BCUT2D eigenvalue weighted by molar-refractivity contribution is -0.140. The minimum Gasteiger partial charge on any atom is -0.481 e. The maximum atomic E-state index is 11.1. The normalized spacial score (nSPS) is 17.2. The Labute approximate surface area is 128 Å². The first-order chi connectivity index (χ1) is 10.0. The lowest BCUT2D eigenvalue weighted by Crippen LogP contribution is -2.34. The van der Waals surface area contributed by atoms with Gasteiger partial charge in [0.15, 0.2) is 0 Å². The SMILES string of the molecule is COc1nc(Cl)nc(NCC2(CC(=O)O)CCCCC2)n1. The molecule has 1 aromatic rings. The van der Waals surface area contributed by atoms with Crippen molar-refractivity contribution in [3.8, 4) is 6.01 Å². The zero-order chi connectivity index (χ0) is 15.3. The average molecular weight is 315 g/mol. The molecule has 1 fully saturated rings. The number of carboxylic acids is 1. The smallest absolute Gasteiger partial charge is 0.322 e. The molecule has 0 unspecified atom stereocenters. The molecule has 2 rings (SSSR count). The number of nitrogens with one attached hydrogen (secondary N) is 1. The Hall–Kier alpha value is -1.63. The summed E-state index contributed by atoms with van der Waals surface area (Å²) in [5.74, 6) is -0.466. The predicted molar refractivity (Wildman–Crippen MR) is 77.6 cm³/mol.